The van der Waals surface area contributed by atoms with Crippen LogP contribution in [0.15, 0.2) is 69.5 Å². The fourth-order valence-electron chi connectivity index (χ4n) is 4.62. The van der Waals surface area contributed by atoms with Crippen molar-refractivity contribution in [2.75, 3.05) is 16.3 Å². The van der Waals surface area contributed by atoms with Crippen molar-refractivity contribution >= 4 is 43.2 Å². The van der Waals surface area contributed by atoms with Crippen LogP contribution >= 0.6 is 0 Å². The number of amides is 2. The lowest BCUT2D eigenvalue weighted by Crippen LogP contribution is -2.43. The van der Waals surface area contributed by atoms with Crippen LogP contribution in [0.3, 0.4) is 0 Å². The molecule has 0 aliphatic carbocycles. The highest BCUT2D eigenvalue weighted by molar-refractivity contribution is 7.95. The predicted octanol–water partition coefficient (Wildman–Crippen LogP) is 2.93. The van der Waals surface area contributed by atoms with Crippen LogP contribution in [0.5, 0.6) is 0 Å². The van der Waals surface area contributed by atoms with Gasteiger partial charge in [0.2, 0.25) is 19.9 Å². The number of halogens is 1. The lowest BCUT2D eigenvalue weighted by atomic mass is 9.85. The molecule has 0 spiro atoms. The number of hydrogen-bond acceptors (Lipinski definition) is 9. The summed E-state index contributed by atoms with van der Waals surface area (Å²) in [7, 11) is -8.48. The molecule has 2 heterocycles. The highest BCUT2D eigenvalue weighted by Crippen LogP contribution is 2.44. The van der Waals surface area contributed by atoms with Crippen LogP contribution in [0.25, 0.3) is 0 Å². The average Bonchev–Trinajstić information content (AvgIpc) is 3.06. The molecule has 0 unspecified atom stereocenters. The van der Waals surface area contributed by atoms with Gasteiger partial charge in [-0.25, -0.2) is 26.0 Å². The van der Waals surface area contributed by atoms with Crippen LogP contribution in [-0.2, 0) is 35.9 Å². The number of anilines is 2. The fraction of sp³-hybridized carbons (Fsp3) is 0.280. The molecule has 5 N–H and O–H groups in total. The third kappa shape index (κ3) is 5.47. The van der Waals surface area contributed by atoms with Crippen molar-refractivity contribution in [1.82, 2.24) is 4.90 Å². The number of rotatable bonds is 6. The van der Waals surface area contributed by atoms with E-state index in [-0.39, 0.29) is 17.9 Å². The van der Waals surface area contributed by atoms with Gasteiger partial charge in [0.1, 0.15) is 27.7 Å². The number of sulfonamides is 1. The van der Waals surface area contributed by atoms with Gasteiger partial charge in [-0.3, -0.25) is 9.52 Å². The number of ether oxygens (including phenoxy) is 1. The summed E-state index contributed by atoms with van der Waals surface area (Å²) in [6.07, 6.45) is -0.629. The van der Waals surface area contributed by atoms with Crippen molar-refractivity contribution in [1.29, 1.82) is 0 Å². The zero-order valence-electron chi connectivity index (χ0n) is 21.8. The lowest BCUT2D eigenvalue weighted by Gasteiger charge is -2.35. The molecule has 0 radical (unpaired) electrons. The van der Waals surface area contributed by atoms with E-state index in [1.54, 1.807) is 20.8 Å². The molecule has 12 nitrogen and oxygen atoms in total. The molecular formula is C25H27FN4O8S2. The number of sulfone groups is 1. The summed E-state index contributed by atoms with van der Waals surface area (Å²) in [5.74, 6) is -1.75. The van der Waals surface area contributed by atoms with Crippen molar-refractivity contribution in [3.8, 4) is 0 Å². The zero-order chi connectivity index (χ0) is 29.8. The molecule has 2 aromatic rings. The van der Waals surface area contributed by atoms with Crippen molar-refractivity contribution in [3.63, 3.8) is 0 Å². The monoisotopic (exact) mass is 594 g/mol. The van der Waals surface area contributed by atoms with Gasteiger partial charge in [-0.15, -0.1) is 0 Å². The summed E-state index contributed by atoms with van der Waals surface area (Å²) < 4.78 is 71.1. The molecule has 2 aromatic carbocycles. The van der Waals surface area contributed by atoms with Crippen LogP contribution in [0.1, 0.15) is 26.3 Å². The first-order chi connectivity index (χ1) is 18.4. The summed E-state index contributed by atoms with van der Waals surface area (Å²) in [4.78, 5) is 26.4. The van der Waals surface area contributed by atoms with Gasteiger partial charge < -0.3 is 25.8 Å². The minimum atomic E-state index is -4.72. The number of benzene rings is 2. The van der Waals surface area contributed by atoms with E-state index in [1.807, 2.05) is 0 Å². The molecule has 214 valence electrons. The topological polar surface area (TPSA) is 185 Å². The zero-order valence-corrected chi connectivity index (χ0v) is 23.5. The van der Waals surface area contributed by atoms with E-state index in [0.29, 0.717) is 5.56 Å². The SMILES string of the molecule is CC(C)(C)[C@H]1C(O)=C(C2=C(OC(N)=O)S(=O)(=O)c3cc(NS(C)(=O)=O)ccc3N2)C(=O)N1Cc1ccc(F)cc1. The summed E-state index contributed by atoms with van der Waals surface area (Å²) >= 11 is 0. The third-order valence-corrected chi connectivity index (χ3v) is 8.41. The van der Waals surface area contributed by atoms with Gasteiger partial charge >= 0.3 is 6.09 Å². The third-order valence-electron chi connectivity index (χ3n) is 6.11. The molecule has 0 fully saturated rings. The number of aliphatic hydroxyl groups excluding tert-OH is 1. The first-order valence-electron chi connectivity index (χ1n) is 11.7. The maximum Gasteiger partial charge on any atom is 0.410 e. The minimum absolute atomic E-state index is 0.0578. The van der Waals surface area contributed by atoms with E-state index in [1.165, 1.54) is 41.3 Å². The molecule has 4 rings (SSSR count). The number of aliphatic hydroxyl groups is 1. The van der Waals surface area contributed by atoms with Crippen LogP contribution in [-0.4, -0.2) is 51.1 Å². The van der Waals surface area contributed by atoms with E-state index in [2.05, 4.69) is 10.0 Å². The maximum atomic E-state index is 13.8. The molecule has 0 aromatic heterocycles. The van der Waals surface area contributed by atoms with Gasteiger partial charge in [-0.2, -0.15) is 0 Å². The van der Waals surface area contributed by atoms with Crippen LogP contribution in [0.2, 0.25) is 0 Å². The molecular weight excluding hydrogens is 567 g/mol. The molecule has 0 bridgehead atoms. The van der Waals surface area contributed by atoms with Crippen molar-refractivity contribution in [3.05, 3.63) is 76.0 Å². The Balaban J connectivity index is 1.89. The molecule has 2 amide bonds. The summed E-state index contributed by atoms with van der Waals surface area (Å²) in [5.41, 5.74) is 3.79. The number of hydrogen-bond donors (Lipinski definition) is 4. The number of fused-ring (bicyclic) bond motifs is 1. The average molecular weight is 595 g/mol. The van der Waals surface area contributed by atoms with Crippen molar-refractivity contribution in [2.24, 2.45) is 11.1 Å². The maximum absolute atomic E-state index is 13.8. The Bertz CT molecular complexity index is 1690. The Morgan fingerprint density at radius 3 is 2.38 bits per heavy atom. The summed E-state index contributed by atoms with van der Waals surface area (Å²) in [6.45, 7) is 5.21. The molecule has 0 saturated carbocycles. The van der Waals surface area contributed by atoms with Gasteiger partial charge in [-0.05, 0) is 41.3 Å². The Hall–Kier alpha value is -4.11. The first-order valence-corrected chi connectivity index (χ1v) is 15.1. The Kier molecular flexibility index (Phi) is 7.09. The van der Waals surface area contributed by atoms with Crippen molar-refractivity contribution < 1.29 is 40.7 Å². The van der Waals surface area contributed by atoms with Crippen LogP contribution < -0.4 is 15.8 Å². The fourth-order valence-corrected chi connectivity index (χ4v) is 6.68. The number of nitrogens with one attached hydrogen (secondary N) is 2. The summed E-state index contributed by atoms with van der Waals surface area (Å²) in [5, 5.41) is 13.1. The van der Waals surface area contributed by atoms with Gasteiger partial charge in [0.25, 0.3) is 11.0 Å². The number of carbonyl (C=O) groups is 2. The minimum Gasteiger partial charge on any atom is -0.509 e. The van der Waals surface area contributed by atoms with Gasteiger partial charge in [-0.1, -0.05) is 32.9 Å². The quantitative estimate of drug-likeness (QED) is 0.390. The van der Waals surface area contributed by atoms with Gasteiger partial charge in [0.15, 0.2) is 0 Å². The van der Waals surface area contributed by atoms with Gasteiger partial charge in [0, 0.05) is 12.2 Å². The second kappa shape index (κ2) is 9.82. The Morgan fingerprint density at radius 2 is 1.82 bits per heavy atom. The normalized spacial score (nSPS) is 18.9. The van der Waals surface area contributed by atoms with E-state index in [4.69, 9.17) is 10.5 Å². The lowest BCUT2D eigenvalue weighted by molar-refractivity contribution is -0.129. The van der Waals surface area contributed by atoms with E-state index in [9.17, 15) is 35.9 Å². The number of primary amides is 1. The van der Waals surface area contributed by atoms with Crippen molar-refractivity contribution in [2.45, 2.75) is 38.3 Å². The van der Waals surface area contributed by atoms with E-state index < -0.39 is 76.2 Å². The predicted molar refractivity (Wildman–Crippen MR) is 143 cm³/mol. The molecule has 2 aliphatic heterocycles. The van der Waals surface area contributed by atoms with Crippen LogP contribution in [0, 0.1) is 11.2 Å². The van der Waals surface area contributed by atoms with E-state index in [0.717, 1.165) is 12.3 Å². The summed E-state index contributed by atoms with van der Waals surface area (Å²) in [6, 6.07) is 7.96. The highest BCUT2D eigenvalue weighted by Gasteiger charge is 2.49. The second-order valence-corrected chi connectivity index (χ2v) is 14.0. The number of nitrogens with zero attached hydrogens (tertiary/aromatic N) is 1. The smallest absolute Gasteiger partial charge is 0.410 e. The number of carbonyl (C=O) groups excluding carboxylic acids is 2. The highest BCUT2D eigenvalue weighted by atomic mass is 32.2. The molecule has 0 saturated heterocycles. The molecule has 1 atom stereocenters. The Labute approximate surface area is 230 Å². The standard InChI is InChI=1S/C25H27FN4O8S2/c1-25(2,3)21-20(31)18(22(32)30(21)12-13-5-7-14(26)8-6-13)19-23(38-24(27)33)40(36,37)17-11-15(29-39(4,34)35)9-10-16(17)28-19/h5-11,21,28-29,31H,12H2,1-4H3,(H2,27,33)/t21-/m1/s1. The van der Waals surface area contributed by atoms with Gasteiger partial charge in [0.05, 0.1) is 18.0 Å². The molecule has 40 heavy (non-hydrogen) atoms. The number of nitrogens with two attached hydrogens (primary N) is 1. The van der Waals surface area contributed by atoms with E-state index >= 15 is 0 Å². The second-order valence-electron chi connectivity index (χ2n) is 10.4. The Morgan fingerprint density at radius 1 is 1.20 bits per heavy atom. The first kappa shape index (κ1) is 28.9. The largest absolute Gasteiger partial charge is 0.509 e. The molecule has 2 aliphatic rings. The molecule has 15 heteroatoms. The van der Waals surface area contributed by atoms with Crippen LogP contribution in [0.4, 0.5) is 20.6 Å².